The second-order valence-corrected chi connectivity index (χ2v) is 2.47. The van der Waals surface area contributed by atoms with Crippen molar-refractivity contribution in [1.82, 2.24) is 4.90 Å². The molecule has 0 saturated heterocycles. The zero-order valence-corrected chi connectivity index (χ0v) is 7.88. The van der Waals surface area contributed by atoms with Crippen LogP contribution in [0.5, 0.6) is 0 Å². The molecule has 0 aromatic heterocycles. The standard InChI is InChI=1S/C8H18N2O2/c1-3-10(4-2)7-8(11)12-6-5-9/h3-7,9H2,1-2H3. The third-order valence-electron chi connectivity index (χ3n) is 1.63. The monoisotopic (exact) mass is 174 g/mol. The quantitative estimate of drug-likeness (QED) is 0.568. The number of nitrogens with two attached hydrogens (primary N) is 1. The summed E-state index contributed by atoms with van der Waals surface area (Å²) in [5, 5.41) is 0. The van der Waals surface area contributed by atoms with Gasteiger partial charge in [-0.25, -0.2) is 0 Å². The fourth-order valence-corrected chi connectivity index (χ4v) is 0.848. The molecule has 0 heterocycles. The molecule has 0 unspecified atom stereocenters. The van der Waals surface area contributed by atoms with Crippen LogP contribution in [0.15, 0.2) is 0 Å². The summed E-state index contributed by atoms with van der Waals surface area (Å²) in [5.74, 6) is -0.191. The van der Waals surface area contributed by atoms with Crippen molar-refractivity contribution in [3.63, 3.8) is 0 Å². The second-order valence-electron chi connectivity index (χ2n) is 2.47. The van der Waals surface area contributed by atoms with E-state index in [-0.39, 0.29) is 5.97 Å². The summed E-state index contributed by atoms with van der Waals surface area (Å²) in [4.78, 5) is 13.0. The molecule has 72 valence electrons. The van der Waals surface area contributed by atoms with Crippen LogP contribution >= 0.6 is 0 Å². The van der Waals surface area contributed by atoms with E-state index >= 15 is 0 Å². The highest BCUT2D eigenvalue weighted by Gasteiger charge is 2.06. The Morgan fingerprint density at radius 1 is 1.42 bits per heavy atom. The average Bonchev–Trinajstić information content (AvgIpc) is 2.10. The summed E-state index contributed by atoms with van der Waals surface area (Å²) >= 11 is 0. The van der Waals surface area contributed by atoms with Crippen molar-refractivity contribution in [3.8, 4) is 0 Å². The number of hydrogen-bond donors (Lipinski definition) is 1. The lowest BCUT2D eigenvalue weighted by Crippen LogP contribution is -2.31. The maximum absolute atomic E-state index is 11.0. The number of likely N-dealkylation sites (N-methyl/N-ethyl adjacent to an activating group) is 1. The Bertz CT molecular complexity index is 124. The molecule has 4 nitrogen and oxygen atoms in total. The highest BCUT2D eigenvalue weighted by Crippen LogP contribution is 1.88. The predicted octanol–water partition coefficient (Wildman–Crippen LogP) is -0.170. The highest BCUT2D eigenvalue weighted by molar-refractivity contribution is 5.71. The van der Waals surface area contributed by atoms with Gasteiger partial charge in [0.1, 0.15) is 6.61 Å². The molecule has 2 N–H and O–H groups in total. The maximum Gasteiger partial charge on any atom is 0.320 e. The van der Waals surface area contributed by atoms with Gasteiger partial charge in [0, 0.05) is 6.54 Å². The minimum Gasteiger partial charge on any atom is -0.463 e. The van der Waals surface area contributed by atoms with E-state index in [0.717, 1.165) is 13.1 Å². The Balaban J connectivity index is 3.52. The SMILES string of the molecule is CCN(CC)CC(=O)OCCN. The van der Waals surface area contributed by atoms with E-state index in [2.05, 4.69) is 0 Å². The molecule has 0 aromatic carbocycles. The molecule has 0 radical (unpaired) electrons. The Hall–Kier alpha value is -0.610. The Morgan fingerprint density at radius 3 is 2.42 bits per heavy atom. The van der Waals surface area contributed by atoms with Gasteiger partial charge in [-0.3, -0.25) is 9.69 Å². The summed E-state index contributed by atoms with van der Waals surface area (Å²) in [7, 11) is 0. The molecule has 12 heavy (non-hydrogen) atoms. The van der Waals surface area contributed by atoms with Gasteiger partial charge in [0.05, 0.1) is 6.54 Å². The van der Waals surface area contributed by atoms with E-state index in [4.69, 9.17) is 10.5 Å². The molecule has 0 fully saturated rings. The normalized spacial score (nSPS) is 10.3. The largest absolute Gasteiger partial charge is 0.463 e. The molecule has 0 aliphatic carbocycles. The zero-order valence-electron chi connectivity index (χ0n) is 7.88. The number of esters is 1. The molecule has 0 saturated carbocycles. The van der Waals surface area contributed by atoms with Crippen LogP contribution in [0.3, 0.4) is 0 Å². The van der Waals surface area contributed by atoms with Crippen LogP contribution in [-0.2, 0) is 9.53 Å². The third-order valence-corrected chi connectivity index (χ3v) is 1.63. The van der Waals surface area contributed by atoms with Crippen LogP contribution in [0.1, 0.15) is 13.8 Å². The van der Waals surface area contributed by atoms with Crippen LogP contribution in [0.25, 0.3) is 0 Å². The first-order valence-corrected chi connectivity index (χ1v) is 4.32. The number of carbonyl (C=O) groups excluding carboxylic acids is 1. The number of rotatable bonds is 6. The maximum atomic E-state index is 11.0. The van der Waals surface area contributed by atoms with Crippen LogP contribution in [0, 0.1) is 0 Å². The summed E-state index contributed by atoms with van der Waals surface area (Å²) in [6.45, 7) is 6.85. The van der Waals surface area contributed by atoms with Gasteiger partial charge in [-0.1, -0.05) is 13.8 Å². The van der Waals surface area contributed by atoms with E-state index in [1.807, 2.05) is 18.7 Å². The molecule has 0 spiro atoms. The Morgan fingerprint density at radius 2 is 2.00 bits per heavy atom. The first-order valence-electron chi connectivity index (χ1n) is 4.32. The van der Waals surface area contributed by atoms with Crippen molar-refractivity contribution in [2.45, 2.75) is 13.8 Å². The zero-order chi connectivity index (χ0) is 9.40. The minimum absolute atomic E-state index is 0.191. The predicted molar refractivity (Wildman–Crippen MR) is 47.8 cm³/mol. The number of ether oxygens (including phenoxy) is 1. The Kier molecular flexibility index (Phi) is 6.70. The lowest BCUT2D eigenvalue weighted by molar-refractivity contribution is -0.144. The van der Waals surface area contributed by atoms with Gasteiger partial charge in [-0.15, -0.1) is 0 Å². The summed E-state index contributed by atoms with van der Waals surface area (Å²) in [5.41, 5.74) is 5.18. The highest BCUT2D eigenvalue weighted by atomic mass is 16.5. The van der Waals surface area contributed by atoms with E-state index in [0.29, 0.717) is 19.7 Å². The van der Waals surface area contributed by atoms with Crippen molar-refractivity contribution in [3.05, 3.63) is 0 Å². The fraction of sp³-hybridized carbons (Fsp3) is 0.875. The van der Waals surface area contributed by atoms with Gasteiger partial charge in [0.2, 0.25) is 0 Å². The molecule has 0 aliphatic rings. The second kappa shape index (κ2) is 7.06. The van der Waals surface area contributed by atoms with Gasteiger partial charge in [0.15, 0.2) is 0 Å². The third kappa shape index (κ3) is 5.09. The van der Waals surface area contributed by atoms with Crippen molar-refractivity contribution >= 4 is 5.97 Å². The molecule has 0 atom stereocenters. The Labute approximate surface area is 73.7 Å². The van der Waals surface area contributed by atoms with Gasteiger partial charge >= 0.3 is 5.97 Å². The van der Waals surface area contributed by atoms with Crippen LogP contribution in [0.2, 0.25) is 0 Å². The average molecular weight is 174 g/mol. The van der Waals surface area contributed by atoms with Gasteiger partial charge in [-0.05, 0) is 13.1 Å². The first-order chi connectivity index (χ1) is 5.74. The smallest absolute Gasteiger partial charge is 0.320 e. The molecule has 0 bridgehead atoms. The van der Waals surface area contributed by atoms with Gasteiger partial charge in [-0.2, -0.15) is 0 Å². The first kappa shape index (κ1) is 11.4. The van der Waals surface area contributed by atoms with Crippen molar-refractivity contribution in [1.29, 1.82) is 0 Å². The number of carbonyl (C=O) groups is 1. The lowest BCUT2D eigenvalue weighted by Gasteiger charge is -2.16. The van der Waals surface area contributed by atoms with E-state index in [9.17, 15) is 4.79 Å². The van der Waals surface area contributed by atoms with E-state index < -0.39 is 0 Å². The lowest BCUT2D eigenvalue weighted by atomic mass is 10.5. The van der Waals surface area contributed by atoms with Crippen LogP contribution in [-0.4, -0.2) is 43.7 Å². The van der Waals surface area contributed by atoms with Crippen molar-refractivity contribution < 1.29 is 9.53 Å². The summed E-state index contributed by atoms with van der Waals surface area (Å²) < 4.78 is 4.82. The summed E-state index contributed by atoms with van der Waals surface area (Å²) in [6.07, 6.45) is 0. The molecule has 0 amide bonds. The molecule has 0 rings (SSSR count). The van der Waals surface area contributed by atoms with Gasteiger partial charge in [0.25, 0.3) is 0 Å². The van der Waals surface area contributed by atoms with E-state index in [1.54, 1.807) is 0 Å². The molecule has 0 aliphatic heterocycles. The molecular weight excluding hydrogens is 156 g/mol. The minimum atomic E-state index is -0.191. The van der Waals surface area contributed by atoms with Crippen LogP contribution < -0.4 is 5.73 Å². The van der Waals surface area contributed by atoms with Crippen LogP contribution in [0.4, 0.5) is 0 Å². The fourth-order valence-electron chi connectivity index (χ4n) is 0.848. The van der Waals surface area contributed by atoms with E-state index in [1.165, 1.54) is 0 Å². The summed E-state index contributed by atoms with van der Waals surface area (Å²) in [6, 6.07) is 0. The van der Waals surface area contributed by atoms with Gasteiger partial charge < -0.3 is 10.5 Å². The number of nitrogens with zero attached hydrogens (tertiary/aromatic N) is 1. The molecule has 4 heteroatoms. The molecule has 0 aromatic rings. The molecular formula is C8H18N2O2. The van der Waals surface area contributed by atoms with Crippen molar-refractivity contribution in [2.75, 3.05) is 32.8 Å². The topological polar surface area (TPSA) is 55.6 Å². The van der Waals surface area contributed by atoms with Crippen molar-refractivity contribution in [2.24, 2.45) is 5.73 Å². The number of hydrogen-bond acceptors (Lipinski definition) is 4.